The van der Waals surface area contributed by atoms with Crippen LogP contribution in [0.25, 0.3) is 0 Å². The maximum atomic E-state index is 12.0. The van der Waals surface area contributed by atoms with Gasteiger partial charge in [-0.3, -0.25) is 9.59 Å². The van der Waals surface area contributed by atoms with Gasteiger partial charge in [0.05, 0.1) is 24.9 Å². The Kier molecular flexibility index (Phi) is 6.40. The second kappa shape index (κ2) is 8.52. The van der Waals surface area contributed by atoms with Crippen LogP contribution >= 0.6 is 11.6 Å². The zero-order valence-electron chi connectivity index (χ0n) is 14.5. The number of hydrazone groups is 1. The Morgan fingerprint density at radius 1 is 1.23 bits per heavy atom. The van der Waals surface area contributed by atoms with Crippen molar-refractivity contribution in [1.29, 1.82) is 0 Å². The number of methoxy groups -OCH3 is 2. The van der Waals surface area contributed by atoms with Crippen LogP contribution in [0.4, 0.5) is 5.69 Å². The van der Waals surface area contributed by atoms with Crippen molar-refractivity contribution in [3.63, 3.8) is 0 Å². The van der Waals surface area contributed by atoms with Crippen molar-refractivity contribution in [2.24, 2.45) is 5.10 Å². The molecule has 1 heterocycles. The van der Waals surface area contributed by atoms with Gasteiger partial charge in [0, 0.05) is 26.0 Å². The lowest BCUT2D eigenvalue weighted by Gasteiger charge is -2.18. The highest BCUT2D eigenvalue weighted by Gasteiger charge is 2.23. The number of hydrogen-bond acceptors (Lipinski definition) is 7. The number of benzene rings is 1. The molecule has 0 unspecified atom stereocenters. The highest BCUT2D eigenvalue weighted by atomic mass is 35.5. The first-order valence-electron chi connectivity index (χ1n) is 7.58. The largest absolute Gasteiger partial charge is 0.495 e. The molecule has 1 aliphatic rings. The molecule has 26 heavy (non-hydrogen) atoms. The Balaban J connectivity index is 1.97. The fraction of sp³-hybridized carbons (Fsp3) is 0.375. The molecule has 140 valence electrons. The molecule has 0 saturated carbocycles. The van der Waals surface area contributed by atoms with Crippen molar-refractivity contribution < 1.29 is 28.6 Å². The molecule has 1 N–H and O–H groups in total. The van der Waals surface area contributed by atoms with E-state index in [0.29, 0.717) is 17.2 Å². The Morgan fingerprint density at radius 3 is 2.54 bits per heavy atom. The van der Waals surface area contributed by atoms with E-state index in [1.807, 2.05) is 0 Å². The summed E-state index contributed by atoms with van der Waals surface area (Å²) in [5.74, 6) is -0.801. The molecule has 0 radical (unpaired) electrons. The third-order valence-electron chi connectivity index (χ3n) is 3.53. The quantitative estimate of drug-likeness (QED) is 0.745. The Morgan fingerprint density at radius 2 is 1.92 bits per heavy atom. The number of amides is 2. The number of nitrogens with one attached hydrogen (secondary N) is 1. The number of carbonyl (C=O) groups is 3. The van der Waals surface area contributed by atoms with Gasteiger partial charge in [0.2, 0.25) is 5.91 Å². The van der Waals surface area contributed by atoms with Gasteiger partial charge in [-0.1, -0.05) is 11.6 Å². The third-order valence-corrected chi connectivity index (χ3v) is 3.82. The molecule has 0 atom stereocenters. The number of ether oxygens (including phenoxy) is 3. The minimum absolute atomic E-state index is 0.0879. The Hall–Kier alpha value is -2.81. The molecule has 0 aliphatic carbocycles. The molecule has 9 nitrogen and oxygen atoms in total. The van der Waals surface area contributed by atoms with Gasteiger partial charge in [0.1, 0.15) is 17.2 Å². The molecule has 1 aromatic rings. The second-order valence-electron chi connectivity index (χ2n) is 5.28. The molecule has 0 aromatic heterocycles. The first kappa shape index (κ1) is 19.5. The van der Waals surface area contributed by atoms with Crippen LogP contribution in [-0.2, 0) is 19.1 Å². The van der Waals surface area contributed by atoms with E-state index < -0.39 is 18.5 Å². The molecule has 0 spiro atoms. The maximum absolute atomic E-state index is 12.0. The van der Waals surface area contributed by atoms with Gasteiger partial charge >= 0.3 is 5.97 Å². The molecular weight excluding hydrogens is 366 g/mol. The van der Waals surface area contributed by atoms with Gasteiger partial charge in [-0.05, 0) is 6.07 Å². The smallest absolute Gasteiger partial charge is 0.355 e. The molecule has 2 rings (SSSR count). The van der Waals surface area contributed by atoms with Gasteiger partial charge in [-0.2, -0.15) is 5.10 Å². The molecule has 1 aromatic carbocycles. The van der Waals surface area contributed by atoms with Gasteiger partial charge in [0.25, 0.3) is 5.91 Å². The van der Waals surface area contributed by atoms with Crippen LogP contribution < -0.4 is 14.8 Å². The predicted octanol–water partition coefficient (Wildman–Crippen LogP) is 1.45. The number of rotatable bonds is 6. The molecule has 0 saturated heterocycles. The monoisotopic (exact) mass is 383 g/mol. The number of hydrogen-bond donors (Lipinski definition) is 1. The summed E-state index contributed by atoms with van der Waals surface area (Å²) in [6.45, 7) is -0.525. The lowest BCUT2D eigenvalue weighted by atomic mass is 10.2. The summed E-state index contributed by atoms with van der Waals surface area (Å²) in [6.07, 6.45) is 0.337. The molecule has 0 bridgehead atoms. The number of esters is 1. The molecule has 2 amide bonds. The minimum Gasteiger partial charge on any atom is -0.495 e. The number of halogens is 1. The first-order valence-corrected chi connectivity index (χ1v) is 7.96. The fourth-order valence-corrected chi connectivity index (χ4v) is 2.42. The molecule has 0 fully saturated rings. The second-order valence-corrected chi connectivity index (χ2v) is 5.68. The minimum atomic E-state index is -0.751. The summed E-state index contributed by atoms with van der Waals surface area (Å²) in [6, 6.07) is 2.98. The molecular formula is C16H18ClN3O6. The maximum Gasteiger partial charge on any atom is 0.355 e. The van der Waals surface area contributed by atoms with Crippen LogP contribution in [-0.4, -0.2) is 56.4 Å². The van der Waals surface area contributed by atoms with Crippen LogP contribution in [0.5, 0.6) is 11.5 Å². The van der Waals surface area contributed by atoms with Crippen LogP contribution in [0.1, 0.15) is 12.8 Å². The number of anilines is 1. The topological polar surface area (TPSA) is 107 Å². The fourth-order valence-electron chi connectivity index (χ4n) is 2.18. The van der Waals surface area contributed by atoms with E-state index in [9.17, 15) is 14.4 Å². The summed E-state index contributed by atoms with van der Waals surface area (Å²) in [4.78, 5) is 35.3. The van der Waals surface area contributed by atoms with Crippen LogP contribution in [0.3, 0.4) is 0 Å². The summed E-state index contributed by atoms with van der Waals surface area (Å²) < 4.78 is 15.2. The van der Waals surface area contributed by atoms with Crippen molar-refractivity contribution in [2.75, 3.05) is 33.2 Å². The number of nitrogens with zero attached hydrogens (tertiary/aromatic N) is 2. The summed E-state index contributed by atoms with van der Waals surface area (Å²) >= 11 is 6.03. The van der Waals surface area contributed by atoms with Crippen molar-refractivity contribution in [1.82, 2.24) is 5.01 Å². The highest BCUT2D eigenvalue weighted by Crippen LogP contribution is 2.35. The van der Waals surface area contributed by atoms with E-state index >= 15 is 0 Å². The SMILES string of the molecule is COc1cc(OC)c(NC(=O)COC(=O)C2=NN(C)C(=O)CC2)cc1Cl. The predicted molar refractivity (Wildman–Crippen MR) is 93.6 cm³/mol. The van der Waals surface area contributed by atoms with Crippen molar-refractivity contribution >= 4 is 40.8 Å². The standard InChI is InChI=1S/C16H18ClN3O6/c1-20-15(22)5-4-10(19-20)16(23)26-8-14(21)18-11-6-9(17)12(24-2)7-13(11)25-3/h6-7H,4-5,8H2,1-3H3,(H,18,21). The van der Waals surface area contributed by atoms with E-state index in [-0.39, 0.29) is 29.5 Å². The Labute approximate surface area is 154 Å². The van der Waals surface area contributed by atoms with E-state index in [1.165, 1.54) is 33.4 Å². The number of carbonyl (C=O) groups excluding carboxylic acids is 3. The van der Waals surface area contributed by atoms with Crippen molar-refractivity contribution in [3.8, 4) is 11.5 Å². The van der Waals surface area contributed by atoms with E-state index in [1.54, 1.807) is 0 Å². The summed E-state index contributed by atoms with van der Waals surface area (Å²) in [5.41, 5.74) is 0.393. The van der Waals surface area contributed by atoms with Gasteiger partial charge in [-0.25, -0.2) is 9.80 Å². The molecule has 10 heteroatoms. The van der Waals surface area contributed by atoms with Crippen molar-refractivity contribution in [3.05, 3.63) is 17.2 Å². The lowest BCUT2D eigenvalue weighted by molar-refractivity contribution is -0.141. The zero-order valence-corrected chi connectivity index (χ0v) is 15.3. The highest BCUT2D eigenvalue weighted by molar-refractivity contribution is 6.37. The van der Waals surface area contributed by atoms with E-state index in [2.05, 4.69) is 10.4 Å². The normalized spacial score (nSPS) is 13.8. The van der Waals surface area contributed by atoms with Crippen molar-refractivity contribution in [2.45, 2.75) is 12.8 Å². The van der Waals surface area contributed by atoms with Crippen LogP contribution in [0.15, 0.2) is 17.2 Å². The summed E-state index contributed by atoms with van der Waals surface area (Å²) in [5, 5.41) is 7.72. The third kappa shape index (κ3) is 4.63. The van der Waals surface area contributed by atoms with Crippen LogP contribution in [0.2, 0.25) is 5.02 Å². The molecule has 1 aliphatic heterocycles. The van der Waals surface area contributed by atoms with E-state index in [4.69, 9.17) is 25.8 Å². The van der Waals surface area contributed by atoms with Gasteiger partial charge in [0.15, 0.2) is 6.61 Å². The summed E-state index contributed by atoms with van der Waals surface area (Å²) in [7, 11) is 4.33. The average Bonchev–Trinajstić information content (AvgIpc) is 2.62. The van der Waals surface area contributed by atoms with Gasteiger partial charge < -0.3 is 19.5 Å². The van der Waals surface area contributed by atoms with Crippen LogP contribution in [0, 0.1) is 0 Å². The lowest BCUT2D eigenvalue weighted by Crippen LogP contribution is -2.33. The Bertz CT molecular complexity index is 765. The first-order chi connectivity index (χ1) is 12.3. The van der Waals surface area contributed by atoms with Gasteiger partial charge in [-0.15, -0.1) is 0 Å². The zero-order chi connectivity index (χ0) is 19.3. The average molecular weight is 384 g/mol. The van der Waals surface area contributed by atoms with E-state index in [0.717, 1.165) is 5.01 Å².